The standard InChI is InChI=1S/C5H5.C4H10O2.3ClH.Hf/c1-2-4-5-3-1;1-5-3-4-6-2;;;;/h1-3H,4H2;3-4H2,1-2H3;3*1H;/q-1;;;;;+4/p-3. The molecule has 0 aromatic rings. The van der Waals surface area contributed by atoms with E-state index in [2.05, 4.69) is 21.6 Å². The first kappa shape index (κ1) is 29.8. The first-order valence-corrected chi connectivity index (χ1v) is 3.61. The molecule has 88 valence electrons. The van der Waals surface area contributed by atoms with Crippen LogP contribution >= 0.6 is 0 Å². The molecule has 2 nitrogen and oxygen atoms in total. The van der Waals surface area contributed by atoms with Gasteiger partial charge in [0.15, 0.2) is 0 Å². The van der Waals surface area contributed by atoms with Gasteiger partial charge >= 0.3 is 25.8 Å². The third-order valence-corrected chi connectivity index (χ3v) is 1.08. The molecule has 15 heavy (non-hydrogen) atoms. The van der Waals surface area contributed by atoms with E-state index in [0.717, 1.165) is 6.42 Å². The molecule has 0 heterocycles. The molecule has 0 saturated heterocycles. The number of methoxy groups -OCH3 is 2. The summed E-state index contributed by atoms with van der Waals surface area (Å²) >= 11 is 0. The van der Waals surface area contributed by atoms with Gasteiger partial charge in [-0.25, -0.2) is 12.2 Å². The number of halogens is 3. The van der Waals surface area contributed by atoms with Crippen molar-refractivity contribution in [1.29, 1.82) is 0 Å². The van der Waals surface area contributed by atoms with Crippen LogP contribution in [0.2, 0.25) is 0 Å². The van der Waals surface area contributed by atoms with Crippen molar-refractivity contribution in [2.45, 2.75) is 6.42 Å². The fraction of sp³-hybridized carbons (Fsp3) is 0.556. The SMILES string of the molecule is COCCOC.[C-]1=CC=CC1.[Cl-].[Cl-].[Cl-].[Hf+4]. The van der Waals surface area contributed by atoms with E-state index in [1.54, 1.807) is 14.2 Å². The number of ether oxygens (including phenoxy) is 2. The van der Waals surface area contributed by atoms with Gasteiger partial charge in [0.05, 0.1) is 13.2 Å². The maximum Gasteiger partial charge on any atom is 4.00 e. The van der Waals surface area contributed by atoms with Gasteiger partial charge in [-0.1, -0.05) is 0 Å². The number of hydrogen-bond acceptors (Lipinski definition) is 2. The zero-order chi connectivity index (χ0) is 8.36. The zero-order valence-corrected chi connectivity index (χ0v) is 14.7. The molecular weight excluding hydrogens is 425 g/mol. The number of allylic oxidation sites excluding steroid dienone is 4. The van der Waals surface area contributed by atoms with E-state index in [4.69, 9.17) is 0 Å². The minimum Gasteiger partial charge on any atom is -1.00 e. The minimum absolute atomic E-state index is 0. The monoisotopic (exact) mass is 440 g/mol. The molecule has 0 aromatic heterocycles. The van der Waals surface area contributed by atoms with Crippen LogP contribution in [0.15, 0.2) is 18.2 Å². The van der Waals surface area contributed by atoms with Crippen molar-refractivity contribution in [1.82, 2.24) is 0 Å². The van der Waals surface area contributed by atoms with Gasteiger partial charge in [-0.15, -0.1) is 6.42 Å². The van der Waals surface area contributed by atoms with E-state index < -0.39 is 0 Å². The molecule has 0 amide bonds. The predicted molar refractivity (Wildman–Crippen MR) is 45.3 cm³/mol. The molecule has 0 spiro atoms. The van der Waals surface area contributed by atoms with Gasteiger partial charge in [-0.05, 0) is 0 Å². The Hall–Kier alpha value is 1.14. The van der Waals surface area contributed by atoms with Crippen LogP contribution in [0.4, 0.5) is 0 Å². The Morgan fingerprint density at radius 1 is 1.07 bits per heavy atom. The summed E-state index contributed by atoms with van der Waals surface area (Å²) in [6, 6.07) is 0. The van der Waals surface area contributed by atoms with Crippen molar-refractivity contribution < 1.29 is 72.5 Å². The maximum atomic E-state index is 4.66. The molecule has 6 heteroatoms. The fourth-order valence-corrected chi connectivity index (χ4v) is 0.507. The third kappa shape index (κ3) is 31.3. The summed E-state index contributed by atoms with van der Waals surface area (Å²) in [6.45, 7) is 1.38. The molecule has 0 unspecified atom stereocenters. The second-order valence-electron chi connectivity index (χ2n) is 1.99. The first-order chi connectivity index (χ1) is 5.41. The first-order valence-electron chi connectivity index (χ1n) is 3.61. The Morgan fingerprint density at radius 2 is 1.53 bits per heavy atom. The van der Waals surface area contributed by atoms with E-state index in [9.17, 15) is 0 Å². The molecule has 0 aliphatic heterocycles. The number of hydrogen-bond donors (Lipinski definition) is 0. The van der Waals surface area contributed by atoms with E-state index >= 15 is 0 Å². The van der Waals surface area contributed by atoms with Crippen molar-refractivity contribution in [3.05, 3.63) is 24.3 Å². The van der Waals surface area contributed by atoms with Crippen LogP contribution in [0.5, 0.6) is 0 Å². The van der Waals surface area contributed by atoms with Gasteiger partial charge in [-0.2, -0.15) is 6.08 Å². The summed E-state index contributed by atoms with van der Waals surface area (Å²) in [7, 11) is 3.30. The normalized spacial score (nSPS) is 9.47. The van der Waals surface area contributed by atoms with Gasteiger partial charge < -0.3 is 46.7 Å². The smallest absolute Gasteiger partial charge is 1.00 e. The molecule has 0 fully saturated rings. The van der Waals surface area contributed by atoms with Crippen LogP contribution in [0.1, 0.15) is 6.42 Å². The summed E-state index contributed by atoms with van der Waals surface area (Å²) in [6.07, 6.45) is 10.0. The maximum absolute atomic E-state index is 4.66. The quantitative estimate of drug-likeness (QED) is 0.247. The summed E-state index contributed by atoms with van der Waals surface area (Å²) in [5.74, 6) is 0. The summed E-state index contributed by atoms with van der Waals surface area (Å²) in [4.78, 5) is 0. The number of rotatable bonds is 3. The van der Waals surface area contributed by atoms with Gasteiger partial charge in [0.25, 0.3) is 0 Å². The third-order valence-electron chi connectivity index (χ3n) is 1.08. The van der Waals surface area contributed by atoms with E-state index in [0.29, 0.717) is 13.2 Å². The molecule has 0 aromatic carbocycles. The average molecular weight is 440 g/mol. The van der Waals surface area contributed by atoms with E-state index in [1.807, 2.05) is 12.2 Å². The van der Waals surface area contributed by atoms with Crippen LogP contribution < -0.4 is 37.2 Å². The van der Waals surface area contributed by atoms with Crippen LogP contribution in [-0.2, 0) is 35.3 Å². The van der Waals surface area contributed by atoms with Gasteiger partial charge in [0, 0.05) is 14.2 Å². The molecule has 0 saturated carbocycles. The minimum atomic E-state index is 0. The summed E-state index contributed by atoms with van der Waals surface area (Å²) < 4.78 is 9.31. The van der Waals surface area contributed by atoms with Crippen molar-refractivity contribution in [2.75, 3.05) is 27.4 Å². The summed E-state index contributed by atoms with van der Waals surface area (Å²) in [5, 5.41) is 0. The van der Waals surface area contributed by atoms with Crippen molar-refractivity contribution >= 4 is 0 Å². The molecule has 1 aliphatic carbocycles. The Kier molecular flexibility index (Phi) is 58.5. The van der Waals surface area contributed by atoms with Crippen molar-refractivity contribution in [3.63, 3.8) is 0 Å². The fourth-order valence-electron chi connectivity index (χ4n) is 0.507. The Labute approximate surface area is 130 Å². The van der Waals surface area contributed by atoms with E-state index in [-0.39, 0.29) is 63.1 Å². The molecule has 1 aliphatic rings. The van der Waals surface area contributed by atoms with Crippen LogP contribution in [0.25, 0.3) is 0 Å². The Bertz CT molecular complexity index is 119. The van der Waals surface area contributed by atoms with Gasteiger partial charge in [0.1, 0.15) is 0 Å². The zero-order valence-electron chi connectivity index (χ0n) is 8.80. The van der Waals surface area contributed by atoms with Crippen molar-refractivity contribution in [2.24, 2.45) is 0 Å². The largest absolute Gasteiger partial charge is 4.00 e. The van der Waals surface area contributed by atoms with E-state index in [1.165, 1.54) is 0 Å². The second kappa shape index (κ2) is 29.4. The Balaban J connectivity index is -0.0000000352. The topological polar surface area (TPSA) is 18.5 Å². The van der Waals surface area contributed by atoms with Crippen LogP contribution in [0.3, 0.4) is 0 Å². The van der Waals surface area contributed by atoms with Crippen LogP contribution in [0, 0.1) is 6.08 Å². The molecular formula is C9H15Cl3HfO2. The molecule has 0 atom stereocenters. The van der Waals surface area contributed by atoms with Crippen LogP contribution in [-0.4, -0.2) is 27.4 Å². The second-order valence-corrected chi connectivity index (χ2v) is 1.99. The Morgan fingerprint density at radius 3 is 1.67 bits per heavy atom. The van der Waals surface area contributed by atoms with Gasteiger partial charge in [0.2, 0.25) is 0 Å². The predicted octanol–water partition coefficient (Wildman–Crippen LogP) is -7.41. The van der Waals surface area contributed by atoms with Crippen molar-refractivity contribution in [3.8, 4) is 0 Å². The molecule has 0 N–H and O–H groups in total. The molecule has 1 rings (SSSR count). The molecule has 0 bridgehead atoms. The average Bonchev–Trinajstić information content (AvgIpc) is 2.57. The molecule has 0 radical (unpaired) electrons. The van der Waals surface area contributed by atoms with Gasteiger partial charge in [-0.3, -0.25) is 6.08 Å². The summed E-state index contributed by atoms with van der Waals surface area (Å²) in [5.41, 5.74) is 0.